The normalized spacial score (nSPS) is 20.0. The molecular weight excluding hydrogens is 326 g/mol. The molecule has 1 aliphatic rings. The van der Waals surface area contributed by atoms with Crippen molar-refractivity contribution in [3.8, 4) is 0 Å². The van der Waals surface area contributed by atoms with E-state index >= 15 is 0 Å². The summed E-state index contributed by atoms with van der Waals surface area (Å²) in [6, 6.07) is 14.1. The van der Waals surface area contributed by atoms with Crippen molar-refractivity contribution in [1.29, 1.82) is 0 Å². The first-order valence-corrected chi connectivity index (χ1v) is 9.26. The molecule has 0 saturated carbocycles. The summed E-state index contributed by atoms with van der Waals surface area (Å²) in [5.74, 6) is 1.03. The van der Waals surface area contributed by atoms with Gasteiger partial charge in [-0.15, -0.1) is 0 Å². The Balaban J connectivity index is 1.46. The van der Waals surface area contributed by atoms with Crippen molar-refractivity contribution >= 4 is 11.7 Å². The quantitative estimate of drug-likeness (QED) is 0.867. The van der Waals surface area contributed by atoms with E-state index in [4.69, 9.17) is 4.74 Å². The smallest absolute Gasteiger partial charge is 0.220 e. The Kier molecular flexibility index (Phi) is 6.23. The highest BCUT2D eigenvalue weighted by atomic mass is 16.5. The molecule has 0 bridgehead atoms. The number of benzene rings is 1. The number of nitrogens with one attached hydrogen (secondary N) is 1. The fourth-order valence-electron chi connectivity index (χ4n) is 3.26. The van der Waals surface area contributed by atoms with E-state index in [1.54, 1.807) is 0 Å². The van der Waals surface area contributed by atoms with Crippen molar-refractivity contribution in [2.24, 2.45) is 0 Å². The number of morpholine rings is 1. The minimum absolute atomic E-state index is 0.0637. The maximum atomic E-state index is 12.0. The Morgan fingerprint density at radius 1 is 1.12 bits per heavy atom. The summed E-state index contributed by atoms with van der Waals surface area (Å²) in [6.07, 6.45) is 3.53. The summed E-state index contributed by atoms with van der Waals surface area (Å²) in [5.41, 5.74) is 2.19. The zero-order chi connectivity index (χ0) is 18.4. The molecular formula is C21H27N3O2. The minimum atomic E-state index is 0.0637. The van der Waals surface area contributed by atoms with Crippen molar-refractivity contribution in [1.82, 2.24) is 10.3 Å². The van der Waals surface area contributed by atoms with Gasteiger partial charge in [0.15, 0.2) is 0 Å². The molecule has 1 saturated heterocycles. The number of nitrogens with zero attached hydrogens (tertiary/aromatic N) is 2. The van der Waals surface area contributed by atoms with Gasteiger partial charge < -0.3 is 15.0 Å². The van der Waals surface area contributed by atoms with Gasteiger partial charge in [0.25, 0.3) is 0 Å². The lowest BCUT2D eigenvalue weighted by atomic mass is 10.1. The molecule has 1 amide bonds. The molecule has 1 aromatic carbocycles. The first-order valence-electron chi connectivity index (χ1n) is 9.26. The highest BCUT2D eigenvalue weighted by Crippen LogP contribution is 2.18. The minimum Gasteiger partial charge on any atom is -0.372 e. The molecule has 0 radical (unpaired) electrons. The monoisotopic (exact) mass is 353 g/mol. The highest BCUT2D eigenvalue weighted by Gasteiger charge is 2.22. The maximum Gasteiger partial charge on any atom is 0.220 e. The number of ether oxygens (including phenoxy) is 1. The Bertz CT molecular complexity index is 693. The second-order valence-electron chi connectivity index (χ2n) is 6.95. The van der Waals surface area contributed by atoms with Crippen LogP contribution in [0.25, 0.3) is 0 Å². The molecule has 2 unspecified atom stereocenters. The van der Waals surface area contributed by atoms with Gasteiger partial charge in [-0.25, -0.2) is 4.98 Å². The maximum absolute atomic E-state index is 12.0. The number of carbonyl (C=O) groups excluding carboxylic acids is 1. The van der Waals surface area contributed by atoms with Gasteiger partial charge in [0, 0.05) is 32.3 Å². The van der Waals surface area contributed by atoms with E-state index in [2.05, 4.69) is 29.0 Å². The van der Waals surface area contributed by atoms with Gasteiger partial charge in [0.05, 0.1) is 12.2 Å². The van der Waals surface area contributed by atoms with Crippen LogP contribution in [0.15, 0.2) is 48.7 Å². The fraction of sp³-hybridized carbons (Fsp3) is 0.429. The van der Waals surface area contributed by atoms with Gasteiger partial charge >= 0.3 is 0 Å². The largest absolute Gasteiger partial charge is 0.372 e. The van der Waals surface area contributed by atoms with Gasteiger partial charge in [0.2, 0.25) is 5.91 Å². The SMILES string of the molecule is CC1CN(c2ccc(CNC(=O)CCc3ccccc3)cn2)CC(C)O1. The number of pyridine rings is 1. The highest BCUT2D eigenvalue weighted by molar-refractivity contribution is 5.76. The number of aryl methyl sites for hydroxylation is 1. The Labute approximate surface area is 155 Å². The van der Waals surface area contributed by atoms with Crippen molar-refractivity contribution in [2.75, 3.05) is 18.0 Å². The zero-order valence-corrected chi connectivity index (χ0v) is 15.5. The molecule has 2 atom stereocenters. The van der Waals surface area contributed by atoms with Crippen LogP contribution in [0.1, 0.15) is 31.4 Å². The first-order chi connectivity index (χ1) is 12.6. The Hall–Kier alpha value is -2.40. The van der Waals surface area contributed by atoms with Gasteiger partial charge in [0.1, 0.15) is 5.82 Å². The predicted molar refractivity (Wildman–Crippen MR) is 103 cm³/mol. The summed E-state index contributed by atoms with van der Waals surface area (Å²) in [5, 5.41) is 2.97. The Morgan fingerprint density at radius 3 is 2.50 bits per heavy atom. The summed E-state index contributed by atoms with van der Waals surface area (Å²) >= 11 is 0. The second-order valence-corrected chi connectivity index (χ2v) is 6.95. The topological polar surface area (TPSA) is 54.5 Å². The number of rotatable bonds is 6. The van der Waals surface area contributed by atoms with Crippen LogP contribution in [0, 0.1) is 0 Å². The third kappa shape index (κ3) is 5.30. The van der Waals surface area contributed by atoms with E-state index in [9.17, 15) is 4.79 Å². The zero-order valence-electron chi connectivity index (χ0n) is 15.5. The lowest BCUT2D eigenvalue weighted by Crippen LogP contribution is -2.45. The molecule has 26 heavy (non-hydrogen) atoms. The molecule has 0 aliphatic carbocycles. The molecule has 1 aromatic heterocycles. The molecule has 2 heterocycles. The number of amides is 1. The van der Waals surface area contributed by atoms with Gasteiger partial charge in [-0.2, -0.15) is 0 Å². The third-order valence-electron chi connectivity index (χ3n) is 4.53. The molecule has 1 aliphatic heterocycles. The van der Waals surface area contributed by atoms with Gasteiger partial charge in [-0.05, 0) is 37.5 Å². The van der Waals surface area contributed by atoms with E-state index in [1.165, 1.54) is 5.56 Å². The standard InChI is InChI=1S/C21H27N3O2/c1-16-14-24(15-17(2)26-16)20-10-8-19(12-22-20)13-23-21(25)11-9-18-6-4-3-5-7-18/h3-8,10,12,16-17H,9,11,13-15H2,1-2H3,(H,23,25). The average Bonchev–Trinajstić information content (AvgIpc) is 2.65. The number of anilines is 1. The van der Waals surface area contributed by atoms with Crippen LogP contribution < -0.4 is 10.2 Å². The van der Waals surface area contributed by atoms with Gasteiger partial charge in [-0.3, -0.25) is 4.79 Å². The Morgan fingerprint density at radius 2 is 1.85 bits per heavy atom. The molecule has 3 rings (SSSR count). The molecule has 0 spiro atoms. The lowest BCUT2D eigenvalue weighted by molar-refractivity contribution is -0.121. The van der Waals surface area contributed by atoms with Crippen LogP contribution in [-0.4, -0.2) is 36.2 Å². The summed E-state index contributed by atoms with van der Waals surface area (Å²) < 4.78 is 5.76. The van der Waals surface area contributed by atoms with E-state index in [0.29, 0.717) is 13.0 Å². The molecule has 1 N–H and O–H groups in total. The van der Waals surface area contributed by atoms with Crippen molar-refractivity contribution in [3.63, 3.8) is 0 Å². The molecule has 5 nitrogen and oxygen atoms in total. The van der Waals surface area contributed by atoms with Crippen molar-refractivity contribution in [3.05, 3.63) is 59.8 Å². The summed E-state index contributed by atoms with van der Waals surface area (Å²) in [4.78, 5) is 18.8. The second kappa shape index (κ2) is 8.81. The average molecular weight is 353 g/mol. The number of hydrogen-bond donors (Lipinski definition) is 1. The van der Waals surface area contributed by atoms with Crippen molar-refractivity contribution < 1.29 is 9.53 Å². The molecule has 2 aromatic rings. The van der Waals surface area contributed by atoms with E-state index in [1.807, 2.05) is 48.7 Å². The molecule has 138 valence electrons. The molecule has 5 heteroatoms. The predicted octanol–water partition coefficient (Wildman–Crippen LogP) is 2.94. The number of carbonyl (C=O) groups is 1. The van der Waals surface area contributed by atoms with Crippen LogP contribution in [-0.2, 0) is 22.5 Å². The number of hydrogen-bond acceptors (Lipinski definition) is 4. The summed E-state index contributed by atoms with van der Waals surface area (Å²) in [6.45, 7) is 6.39. The van der Waals surface area contributed by atoms with Crippen molar-refractivity contribution in [2.45, 2.75) is 45.4 Å². The third-order valence-corrected chi connectivity index (χ3v) is 4.53. The van der Waals surface area contributed by atoms with Gasteiger partial charge in [-0.1, -0.05) is 36.4 Å². The van der Waals surface area contributed by atoms with Crippen LogP contribution in [0.2, 0.25) is 0 Å². The molecule has 1 fully saturated rings. The van der Waals surface area contributed by atoms with Crippen LogP contribution in [0.5, 0.6) is 0 Å². The van der Waals surface area contributed by atoms with E-state index < -0.39 is 0 Å². The fourth-order valence-corrected chi connectivity index (χ4v) is 3.26. The summed E-state index contributed by atoms with van der Waals surface area (Å²) in [7, 11) is 0. The van der Waals surface area contributed by atoms with Crippen LogP contribution in [0.3, 0.4) is 0 Å². The van der Waals surface area contributed by atoms with Crippen LogP contribution in [0.4, 0.5) is 5.82 Å². The number of aromatic nitrogens is 1. The first kappa shape index (κ1) is 18.4. The van der Waals surface area contributed by atoms with E-state index in [-0.39, 0.29) is 18.1 Å². The van der Waals surface area contributed by atoms with E-state index in [0.717, 1.165) is 30.9 Å². The van der Waals surface area contributed by atoms with Crippen LogP contribution >= 0.6 is 0 Å². The lowest BCUT2D eigenvalue weighted by Gasteiger charge is -2.36.